The van der Waals surface area contributed by atoms with Gasteiger partial charge in [-0.1, -0.05) is 6.92 Å². The van der Waals surface area contributed by atoms with Gasteiger partial charge in [-0.25, -0.2) is 4.98 Å². The van der Waals surface area contributed by atoms with Crippen molar-refractivity contribution in [2.75, 3.05) is 5.73 Å². The highest BCUT2D eigenvalue weighted by Crippen LogP contribution is 2.20. The Hall–Kier alpha value is -1.95. The Morgan fingerprint density at radius 1 is 1.56 bits per heavy atom. The van der Waals surface area contributed by atoms with Gasteiger partial charge in [0.2, 0.25) is 0 Å². The van der Waals surface area contributed by atoms with E-state index in [1.807, 2.05) is 12.3 Å². The lowest BCUT2D eigenvalue weighted by Crippen LogP contribution is -2.28. The monoisotopic (exact) mass is 262 g/mol. The molecule has 2 aromatic rings. The molecule has 1 amide bonds. The quantitative estimate of drug-likeness (QED) is 0.883. The summed E-state index contributed by atoms with van der Waals surface area (Å²) in [5.41, 5.74) is 6.57. The summed E-state index contributed by atoms with van der Waals surface area (Å²) in [5.74, 6) is -0.220. The average Bonchev–Trinajstić information content (AvgIpc) is 2.90. The number of pyridine rings is 1. The number of thiazole rings is 1. The highest BCUT2D eigenvalue weighted by molar-refractivity contribution is 7.09. The first-order chi connectivity index (χ1) is 8.72. The van der Waals surface area contributed by atoms with Crippen molar-refractivity contribution in [1.82, 2.24) is 15.3 Å². The molecule has 18 heavy (non-hydrogen) atoms. The molecule has 94 valence electrons. The second kappa shape index (κ2) is 5.59. The van der Waals surface area contributed by atoms with Gasteiger partial charge in [0.15, 0.2) is 0 Å². The van der Waals surface area contributed by atoms with Crippen molar-refractivity contribution in [3.63, 3.8) is 0 Å². The van der Waals surface area contributed by atoms with Crippen molar-refractivity contribution in [1.29, 1.82) is 0 Å². The van der Waals surface area contributed by atoms with Crippen LogP contribution in [-0.2, 0) is 0 Å². The summed E-state index contributed by atoms with van der Waals surface area (Å²) in [4.78, 5) is 20.2. The third-order valence-corrected chi connectivity index (χ3v) is 3.45. The van der Waals surface area contributed by atoms with Gasteiger partial charge in [-0.15, -0.1) is 11.3 Å². The lowest BCUT2D eigenvalue weighted by atomic mass is 10.2. The first-order valence-electron chi connectivity index (χ1n) is 5.62. The number of carbonyl (C=O) groups excluding carboxylic acids is 1. The number of nitrogens with zero attached hydrogens (tertiary/aromatic N) is 2. The van der Waals surface area contributed by atoms with Crippen molar-refractivity contribution in [2.45, 2.75) is 19.4 Å². The molecule has 0 aliphatic rings. The molecule has 0 saturated heterocycles. The molecule has 0 aliphatic carbocycles. The molecule has 1 unspecified atom stereocenters. The van der Waals surface area contributed by atoms with E-state index in [-0.39, 0.29) is 11.9 Å². The molecule has 6 heteroatoms. The van der Waals surface area contributed by atoms with Crippen LogP contribution < -0.4 is 11.1 Å². The predicted octanol–water partition coefficient (Wildman–Crippen LogP) is 2.00. The van der Waals surface area contributed by atoms with Crippen LogP contribution in [-0.4, -0.2) is 15.9 Å². The molecule has 1 atom stereocenters. The van der Waals surface area contributed by atoms with E-state index >= 15 is 0 Å². The van der Waals surface area contributed by atoms with Crippen LogP contribution in [0.2, 0.25) is 0 Å². The van der Waals surface area contributed by atoms with E-state index in [9.17, 15) is 4.79 Å². The van der Waals surface area contributed by atoms with Gasteiger partial charge in [-0.05, 0) is 12.5 Å². The van der Waals surface area contributed by atoms with Crippen molar-refractivity contribution in [2.24, 2.45) is 0 Å². The third-order valence-electron chi connectivity index (χ3n) is 2.56. The fourth-order valence-electron chi connectivity index (χ4n) is 1.58. The van der Waals surface area contributed by atoms with Gasteiger partial charge in [-0.3, -0.25) is 9.78 Å². The lowest BCUT2D eigenvalue weighted by molar-refractivity contribution is 0.0936. The van der Waals surface area contributed by atoms with Gasteiger partial charge in [-0.2, -0.15) is 0 Å². The first-order valence-corrected chi connectivity index (χ1v) is 6.50. The summed E-state index contributed by atoms with van der Waals surface area (Å²) in [5, 5.41) is 5.70. The molecule has 2 aromatic heterocycles. The second-order valence-electron chi connectivity index (χ2n) is 3.77. The fourth-order valence-corrected chi connectivity index (χ4v) is 2.35. The third kappa shape index (κ3) is 2.65. The summed E-state index contributed by atoms with van der Waals surface area (Å²) < 4.78 is 0. The van der Waals surface area contributed by atoms with Gasteiger partial charge in [0.05, 0.1) is 11.6 Å². The molecular formula is C12H14N4OS. The van der Waals surface area contributed by atoms with Crippen LogP contribution in [0.5, 0.6) is 0 Å². The predicted molar refractivity (Wildman–Crippen MR) is 71.3 cm³/mol. The molecule has 0 bridgehead atoms. The Labute approximate surface area is 109 Å². The molecule has 0 saturated carbocycles. The number of nitrogens with one attached hydrogen (secondary N) is 1. The van der Waals surface area contributed by atoms with Gasteiger partial charge in [0, 0.05) is 29.7 Å². The maximum atomic E-state index is 12.1. The topological polar surface area (TPSA) is 80.9 Å². The SMILES string of the molecule is CCC(NC(=O)c1cnccc1N)c1nccs1. The zero-order chi connectivity index (χ0) is 13.0. The molecule has 2 heterocycles. The van der Waals surface area contributed by atoms with Gasteiger partial charge in [0.25, 0.3) is 5.91 Å². The Balaban J connectivity index is 2.14. The standard InChI is InChI=1S/C12H14N4OS/c1-2-10(12-15-5-6-18-12)16-11(17)8-7-14-4-3-9(8)13/h3-7,10H,2H2,1H3,(H2,13,14)(H,16,17). The van der Waals surface area contributed by atoms with E-state index < -0.39 is 0 Å². The highest BCUT2D eigenvalue weighted by Gasteiger charge is 2.17. The van der Waals surface area contributed by atoms with Crippen LogP contribution in [0, 0.1) is 0 Å². The molecule has 5 nitrogen and oxygen atoms in total. The molecule has 3 N–H and O–H groups in total. The lowest BCUT2D eigenvalue weighted by Gasteiger charge is -2.14. The maximum absolute atomic E-state index is 12.1. The Kier molecular flexibility index (Phi) is 3.88. The van der Waals surface area contributed by atoms with Crippen LogP contribution in [0.15, 0.2) is 30.0 Å². The van der Waals surface area contributed by atoms with Gasteiger partial charge >= 0.3 is 0 Å². The fraction of sp³-hybridized carbons (Fsp3) is 0.250. The normalized spacial score (nSPS) is 12.1. The van der Waals surface area contributed by atoms with Gasteiger partial charge < -0.3 is 11.1 Å². The van der Waals surface area contributed by atoms with Crippen LogP contribution in [0.25, 0.3) is 0 Å². The number of nitrogen functional groups attached to an aromatic ring is 1. The van der Waals surface area contributed by atoms with E-state index in [1.54, 1.807) is 18.5 Å². The largest absolute Gasteiger partial charge is 0.398 e. The van der Waals surface area contributed by atoms with E-state index in [2.05, 4.69) is 15.3 Å². The number of hydrogen-bond donors (Lipinski definition) is 2. The van der Waals surface area contributed by atoms with Crippen LogP contribution >= 0.6 is 11.3 Å². The Morgan fingerprint density at radius 2 is 2.39 bits per heavy atom. The minimum atomic E-state index is -0.220. The van der Waals surface area contributed by atoms with Crippen molar-refractivity contribution >= 4 is 22.9 Å². The number of hydrogen-bond acceptors (Lipinski definition) is 5. The molecule has 0 aliphatic heterocycles. The molecule has 2 rings (SSSR count). The van der Waals surface area contributed by atoms with Crippen molar-refractivity contribution in [3.05, 3.63) is 40.6 Å². The minimum Gasteiger partial charge on any atom is -0.398 e. The van der Waals surface area contributed by atoms with Crippen LogP contribution in [0.1, 0.15) is 34.8 Å². The summed E-state index contributed by atoms with van der Waals surface area (Å²) >= 11 is 1.52. The smallest absolute Gasteiger partial charge is 0.255 e. The molecule has 0 aromatic carbocycles. The maximum Gasteiger partial charge on any atom is 0.255 e. The average molecular weight is 262 g/mol. The molecule has 0 fully saturated rings. The molecule has 0 radical (unpaired) electrons. The first kappa shape index (κ1) is 12.5. The van der Waals surface area contributed by atoms with Crippen molar-refractivity contribution < 1.29 is 4.79 Å². The van der Waals surface area contributed by atoms with Crippen LogP contribution in [0.3, 0.4) is 0 Å². The number of rotatable bonds is 4. The summed E-state index contributed by atoms with van der Waals surface area (Å²) in [6, 6.07) is 1.52. The number of aromatic nitrogens is 2. The summed E-state index contributed by atoms with van der Waals surface area (Å²) in [6.07, 6.45) is 5.54. The molecule has 0 spiro atoms. The number of carbonyl (C=O) groups is 1. The Bertz CT molecular complexity index is 527. The zero-order valence-corrected chi connectivity index (χ0v) is 10.8. The minimum absolute atomic E-state index is 0.0860. The van der Waals surface area contributed by atoms with E-state index in [0.29, 0.717) is 11.3 Å². The highest BCUT2D eigenvalue weighted by atomic mass is 32.1. The van der Waals surface area contributed by atoms with Crippen LogP contribution in [0.4, 0.5) is 5.69 Å². The second-order valence-corrected chi connectivity index (χ2v) is 4.69. The number of anilines is 1. The number of nitrogens with two attached hydrogens (primary N) is 1. The van der Waals surface area contributed by atoms with Gasteiger partial charge in [0.1, 0.15) is 5.01 Å². The molecular weight excluding hydrogens is 248 g/mol. The van der Waals surface area contributed by atoms with E-state index in [4.69, 9.17) is 5.73 Å². The van der Waals surface area contributed by atoms with E-state index in [0.717, 1.165) is 11.4 Å². The zero-order valence-electron chi connectivity index (χ0n) is 9.96. The summed E-state index contributed by atoms with van der Waals surface area (Å²) in [6.45, 7) is 2.00. The summed E-state index contributed by atoms with van der Waals surface area (Å²) in [7, 11) is 0. The van der Waals surface area contributed by atoms with Crippen molar-refractivity contribution in [3.8, 4) is 0 Å². The Morgan fingerprint density at radius 3 is 3.00 bits per heavy atom. The van der Waals surface area contributed by atoms with E-state index in [1.165, 1.54) is 17.5 Å². The number of amides is 1.